The first kappa shape index (κ1) is 14.9. The third-order valence-corrected chi connectivity index (χ3v) is 2.42. The fourth-order valence-electron chi connectivity index (χ4n) is 1.20. The first-order chi connectivity index (χ1) is 7.52. The van der Waals surface area contributed by atoms with Gasteiger partial charge in [0.2, 0.25) is 0 Å². The Morgan fingerprint density at radius 2 is 1.94 bits per heavy atom. The van der Waals surface area contributed by atoms with Gasteiger partial charge in [-0.25, -0.2) is 0 Å². The Bertz CT molecular complexity index is 230. The number of esters is 2. The third-order valence-electron chi connectivity index (χ3n) is 2.42. The highest BCUT2D eigenvalue weighted by molar-refractivity contribution is 5.72. The normalized spacial score (nSPS) is 14.0. The van der Waals surface area contributed by atoms with E-state index in [2.05, 4.69) is 10.1 Å². The number of carbonyl (C=O) groups excluding carboxylic acids is 2. The molecule has 0 aliphatic rings. The van der Waals surface area contributed by atoms with E-state index in [4.69, 9.17) is 4.74 Å². The van der Waals surface area contributed by atoms with Crippen LogP contribution in [-0.2, 0) is 19.1 Å². The van der Waals surface area contributed by atoms with Crippen molar-refractivity contribution in [1.82, 2.24) is 5.32 Å². The van der Waals surface area contributed by atoms with Crippen molar-refractivity contribution in [2.75, 3.05) is 20.3 Å². The Hall–Kier alpha value is -1.10. The lowest BCUT2D eigenvalue weighted by Gasteiger charge is -2.18. The molecule has 0 saturated heterocycles. The van der Waals surface area contributed by atoms with Gasteiger partial charge in [-0.1, -0.05) is 6.92 Å². The van der Waals surface area contributed by atoms with Crippen LogP contribution in [0.15, 0.2) is 0 Å². The standard InChI is InChI=1S/C11H21NO4/c1-5-16-10(13)6-7-12-9(3)8(2)11(14)15-4/h8-9,12H,5-7H2,1-4H3. The van der Waals surface area contributed by atoms with Crippen LogP contribution in [0.1, 0.15) is 27.2 Å². The predicted molar refractivity (Wildman–Crippen MR) is 59.9 cm³/mol. The van der Waals surface area contributed by atoms with E-state index in [1.54, 1.807) is 13.8 Å². The molecule has 0 aromatic rings. The van der Waals surface area contributed by atoms with E-state index in [9.17, 15) is 9.59 Å². The van der Waals surface area contributed by atoms with E-state index >= 15 is 0 Å². The maximum absolute atomic E-state index is 11.2. The average Bonchev–Trinajstić information content (AvgIpc) is 2.27. The van der Waals surface area contributed by atoms with E-state index in [1.807, 2.05) is 6.92 Å². The molecule has 0 fully saturated rings. The molecule has 1 N–H and O–H groups in total. The highest BCUT2D eigenvalue weighted by Crippen LogP contribution is 2.04. The molecule has 0 spiro atoms. The van der Waals surface area contributed by atoms with Crippen molar-refractivity contribution in [2.45, 2.75) is 33.2 Å². The first-order valence-corrected chi connectivity index (χ1v) is 5.49. The Morgan fingerprint density at radius 1 is 1.31 bits per heavy atom. The van der Waals surface area contributed by atoms with Crippen LogP contribution in [0.5, 0.6) is 0 Å². The van der Waals surface area contributed by atoms with Crippen LogP contribution in [-0.4, -0.2) is 38.2 Å². The van der Waals surface area contributed by atoms with Gasteiger partial charge in [0.1, 0.15) is 0 Å². The van der Waals surface area contributed by atoms with E-state index < -0.39 is 0 Å². The Labute approximate surface area is 96.5 Å². The first-order valence-electron chi connectivity index (χ1n) is 5.49. The monoisotopic (exact) mass is 231 g/mol. The molecule has 94 valence electrons. The molecule has 0 radical (unpaired) electrons. The molecule has 0 aromatic carbocycles. The van der Waals surface area contributed by atoms with E-state index in [-0.39, 0.29) is 23.9 Å². The lowest BCUT2D eigenvalue weighted by Crippen LogP contribution is -2.37. The van der Waals surface area contributed by atoms with Crippen molar-refractivity contribution < 1.29 is 19.1 Å². The van der Waals surface area contributed by atoms with Gasteiger partial charge < -0.3 is 14.8 Å². The minimum absolute atomic E-state index is 0.0260. The summed E-state index contributed by atoms with van der Waals surface area (Å²) >= 11 is 0. The van der Waals surface area contributed by atoms with Gasteiger partial charge in [-0.2, -0.15) is 0 Å². The van der Waals surface area contributed by atoms with Crippen molar-refractivity contribution in [1.29, 1.82) is 0 Å². The van der Waals surface area contributed by atoms with Gasteiger partial charge in [0.15, 0.2) is 0 Å². The smallest absolute Gasteiger partial charge is 0.309 e. The molecule has 0 bridgehead atoms. The van der Waals surface area contributed by atoms with Crippen molar-refractivity contribution >= 4 is 11.9 Å². The number of hydrogen-bond acceptors (Lipinski definition) is 5. The van der Waals surface area contributed by atoms with Crippen LogP contribution in [0.3, 0.4) is 0 Å². The van der Waals surface area contributed by atoms with Gasteiger partial charge >= 0.3 is 11.9 Å². The SMILES string of the molecule is CCOC(=O)CCNC(C)C(C)C(=O)OC. The quantitative estimate of drug-likeness (QED) is 0.654. The molecule has 0 heterocycles. The summed E-state index contributed by atoms with van der Waals surface area (Å²) in [6.45, 7) is 6.34. The van der Waals surface area contributed by atoms with Gasteiger partial charge in [-0.3, -0.25) is 9.59 Å². The molecule has 2 atom stereocenters. The van der Waals surface area contributed by atoms with Gasteiger partial charge in [-0.05, 0) is 13.8 Å². The van der Waals surface area contributed by atoms with Crippen molar-refractivity contribution in [3.63, 3.8) is 0 Å². The van der Waals surface area contributed by atoms with Crippen molar-refractivity contribution in [2.24, 2.45) is 5.92 Å². The summed E-state index contributed by atoms with van der Waals surface area (Å²) in [5.74, 6) is -0.712. The van der Waals surface area contributed by atoms with E-state index in [0.717, 1.165) is 0 Å². The van der Waals surface area contributed by atoms with Gasteiger partial charge in [0.25, 0.3) is 0 Å². The number of methoxy groups -OCH3 is 1. The van der Waals surface area contributed by atoms with Gasteiger partial charge in [0.05, 0.1) is 26.1 Å². The topological polar surface area (TPSA) is 64.6 Å². The highest BCUT2D eigenvalue weighted by Gasteiger charge is 2.20. The largest absolute Gasteiger partial charge is 0.469 e. The van der Waals surface area contributed by atoms with Gasteiger partial charge in [-0.15, -0.1) is 0 Å². The van der Waals surface area contributed by atoms with Crippen molar-refractivity contribution in [3.05, 3.63) is 0 Å². The zero-order valence-electron chi connectivity index (χ0n) is 10.4. The molecule has 0 aromatic heterocycles. The molecular weight excluding hydrogens is 210 g/mol. The minimum atomic E-state index is -0.254. The molecule has 2 unspecified atom stereocenters. The van der Waals surface area contributed by atoms with Crippen LogP contribution in [0.4, 0.5) is 0 Å². The Balaban J connectivity index is 3.76. The number of rotatable bonds is 7. The fourth-order valence-corrected chi connectivity index (χ4v) is 1.20. The molecule has 0 rings (SSSR count). The summed E-state index contributed by atoms with van der Waals surface area (Å²) in [5, 5.41) is 3.09. The maximum atomic E-state index is 11.2. The summed E-state index contributed by atoms with van der Waals surface area (Å²) in [4.78, 5) is 22.2. The number of ether oxygens (including phenoxy) is 2. The van der Waals surface area contributed by atoms with Crippen LogP contribution < -0.4 is 5.32 Å². The molecule has 0 amide bonds. The minimum Gasteiger partial charge on any atom is -0.469 e. The predicted octanol–water partition coefficient (Wildman–Crippen LogP) is 0.727. The number of carbonyl (C=O) groups is 2. The highest BCUT2D eigenvalue weighted by atomic mass is 16.5. The zero-order valence-corrected chi connectivity index (χ0v) is 10.4. The summed E-state index contributed by atoms with van der Waals surface area (Å²) in [6, 6.07) is -0.0260. The third kappa shape index (κ3) is 5.70. The second-order valence-corrected chi connectivity index (χ2v) is 3.61. The second kappa shape index (κ2) is 8.10. The summed E-state index contributed by atoms with van der Waals surface area (Å²) in [6.07, 6.45) is 0.312. The fraction of sp³-hybridized carbons (Fsp3) is 0.818. The molecule has 0 saturated carbocycles. The van der Waals surface area contributed by atoms with Crippen LogP contribution in [0.2, 0.25) is 0 Å². The molecule has 5 nitrogen and oxygen atoms in total. The van der Waals surface area contributed by atoms with Crippen LogP contribution in [0.25, 0.3) is 0 Å². The maximum Gasteiger partial charge on any atom is 0.309 e. The lowest BCUT2D eigenvalue weighted by molar-refractivity contribution is -0.145. The summed E-state index contributed by atoms with van der Waals surface area (Å²) in [5.41, 5.74) is 0. The average molecular weight is 231 g/mol. The second-order valence-electron chi connectivity index (χ2n) is 3.61. The summed E-state index contributed by atoms with van der Waals surface area (Å²) in [7, 11) is 1.37. The molecule has 16 heavy (non-hydrogen) atoms. The lowest BCUT2D eigenvalue weighted by atomic mass is 10.0. The zero-order chi connectivity index (χ0) is 12.6. The number of nitrogens with one attached hydrogen (secondary N) is 1. The van der Waals surface area contributed by atoms with Gasteiger partial charge in [0, 0.05) is 12.6 Å². The number of hydrogen-bond donors (Lipinski definition) is 1. The van der Waals surface area contributed by atoms with Crippen molar-refractivity contribution in [3.8, 4) is 0 Å². The summed E-state index contributed by atoms with van der Waals surface area (Å²) < 4.78 is 9.41. The molecule has 0 aliphatic carbocycles. The van der Waals surface area contributed by atoms with E-state index in [0.29, 0.717) is 19.6 Å². The Kier molecular flexibility index (Phi) is 7.54. The van der Waals surface area contributed by atoms with Crippen LogP contribution >= 0.6 is 0 Å². The van der Waals surface area contributed by atoms with E-state index in [1.165, 1.54) is 7.11 Å². The molecule has 0 aliphatic heterocycles. The van der Waals surface area contributed by atoms with Crippen LogP contribution in [0, 0.1) is 5.92 Å². The molecular formula is C11H21NO4. The Morgan fingerprint density at radius 3 is 2.44 bits per heavy atom. The molecule has 5 heteroatoms.